The van der Waals surface area contributed by atoms with Gasteiger partial charge in [-0.25, -0.2) is 0 Å². The summed E-state index contributed by atoms with van der Waals surface area (Å²) in [6, 6.07) is 11.2. The monoisotopic (exact) mass is 308 g/mol. The number of carbonyl (C=O) groups excluding carboxylic acids is 1. The molecule has 23 heavy (non-hydrogen) atoms. The predicted molar refractivity (Wildman–Crippen MR) is 86.0 cm³/mol. The van der Waals surface area contributed by atoms with E-state index in [1.54, 1.807) is 19.5 Å². The zero-order chi connectivity index (χ0) is 16.1. The molecule has 6 heteroatoms. The van der Waals surface area contributed by atoms with Crippen molar-refractivity contribution in [2.75, 3.05) is 7.11 Å². The van der Waals surface area contributed by atoms with E-state index < -0.39 is 0 Å². The number of hydrogen-bond donors (Lipinski definition) is 2. The summed E-state index contributed by atoms with van der Waals surface area (Å²) in [6.45, 7) is 0.417. The molecule has 0 saturated carbocycles. The zero-order valence-corrected chi connectivity index (χ0v) is 12.6. The van der Waals surface area contributed by atoms with Crippen molar-refractivity contribution < 1.29 is 9.53 Å². The number of rotatable bonds is 5. The van der Waals surface area contributed by atoms with Crippen LogP contribution in [0.4, 0.5) is 0 Å². The minimum atomic E-state index is -0.187. The molecule has 0 aliphatic heterocycles. The van der Waals surface area contributed by atoms with Gasteiger partial charge in [0, 0.05) is 24.5 Å². The van der Waals surface area contributed by atoms with Gasteiger partial charge in [-0.3, -0.25) is 14.9 Å². The van der Waals surface area contributed by atoms with Crippen LogP contribution in [0.5, 0.6) is 5.75 Å². The van der Waals surface area contributed by atoms with Gasteiger partial charge in [-0.15, -0.1) is 0 Å². The van der Waals surface area contributed by atoms with E-state index in [2.05, 4.69) is 20.5 Å². The molecule has 2 N–H and O–H groups in total. The van der Waals surface area contributed by atoms with Crippen molar-refractivity contribution in [2.45, 2.75) is 6.54 Å². The van der Waals surface area contributed by atoms with Crippen LogP contribution in [0.25, 0.3) is 11.3 Å². The first-order chi connectivity index (χ1) is 11.3. The summed E-state index contributed by atoms with van der Waals surface area (Å²) in [6.07, 6.45) is 4.95. The Morgan fingerprint density at radius 1 is 1.22 bits per heavy atom. The highest BCUT2D eigenvalue weighted by molar-refractivity contribution is 5.99. The maximum atomic E-state index is 12.4. The summed E-state index contributed by atoms with van der Waals surface area (Å²) in [5, 5.41) is 9.73. The van der Waals surface area contributed by atoms with E-state index in [0.717, 1.165) is 16.9 Å². The first-order valence-corrected chi connectivity index (χ1v) is 7.13. The van der Waals surface area contributed by atoms with Crippen LogP contribution in [0, 0.1) is 0 Å². The van der Waals surface area contributed by atoms with Crippen molar-refractivity contribution in [1.29, 1.82) is 0 Å². The van der Waals surface area contributed by atoms with Crippen molar-refractivity contribution in [2.24, 2.45) is 0 Å². The molecule has 1 amide bonds. The first kappa shape index (κ1) is 14.8. The molecular weight excluding hydrogens is 292 g/mol. The summed E-state index contributed by atoms with van der Waals surface area (Å²) < 4.78 is 5.14. The van der Waals surface area contributed by atoms with Crippen LogP contribution in [0.2, 0.25) is 0 Å². The third-order valence-corrected chi connectivity index (χ3v) is 3.44. The lowest BCUT2D eigenvalue weighted by atomic mass is 10.1. The number of nitrogens with one attached hydrogen (secondary N) is 2. The highest BCUT2D eigenvalue weighted by atomic mass is 16.5. The lowest BCUT2D eigenvalue weighted by Gasteiger charge is -2.06. The van der Waals surface area contributed by atoms with E-state index in [9.17, 15) is 4.79 Å². The zero-order valence-electron chi connectivity index (χ0n) is 12.6. The fraction of sp³-hybridized carbons (Fsp3) is 0.118. The van der Waals surface area contributed by atoms with Gasteiger partial charge in [-0.05, 0) is 35.9 Å². The molecule has 3 aromatic rings. The Morgan fingerprint density at radius 2 is 2.04 bits per heavy atom. The van der Waals surface area contributed by atoms with Crippen molar-refractivity contribution in [1.82, 2.24) is 20.5 Å². The van der Waals surface area contributed by atoms with Crippen LogP contribution >= 0.6 is 0 Å². The number of ether oxygens (including phenoxy) is 1. The molecule has 116 valence electrons. The molecule has 0 aliphatic carbocycles. The Balaban J connectivity index is 1.75. The van der Waals surface area contributed by atoms with Gasteiger partial charge in [0.2, 0.25) is 0 Å². The molecular formula is C17H16N4O2. The van der Waals surface area contributed by atoms with Crippen molar-refractivity contribution in [3.63, 3.8) is 0 Å². The quantitative estimate of drug-likeness (QED) is 0.758. The molecule has 0 aliphatic rings. The lowest BCUT2D eigenvalue weighted by Crippen LogP contribution is -2.23. The number of methoxy groups -OCH3 is 1. The second-order valence-corrected chi connectivity index (χ2v) is 4.93. The van der Waals surface area contributed by atoms with Crippen molar-refractivity contribution in [3.8, 4) is 17.0 Å². The maximum absolute atomic E-state index is 12.4. The van der Waals surface area contributed by atoms with E-state index in [4.69, 9.17) is 4.74 Å². The van der Waals surface area contributed by atoms with E-state index in [1.807, 2.05) is 36.4 Å². The second kappa shape index (κ2) is 6.74. The normalized spacial score (nSPS) is 10.3. The Labute approximate surface area is 133 Å². The van der Waals surface area contributed by atoms with Crippen LogP contribution in [0.15, 0.2) is 55.0 Å². The summed E-state index contributed by atoms with van der Waals surface area (Å²) in [5.41, 5.74) is 2.99. The smallest absolute Gasteiger partial charge is 0.255 e. The van der Waals surface area contributed by atoms with Crippen molar-refractivity contribution in [3.05, 3.63) is 66.1 Å². The molecule has 0 radical (unpaired) electrons. The lowest BCUT2D eigenvalue weighted by molar-refractivity contribution is 0.0951. The van der Waals surface area contributed by atoms with E-state index in [0.29, 0.717) is 17.8 Å². The van der Waals surface area contributed by atoms with Gasteiger partial charge in [0.05, 0.1) is 24.6 Å². The topological polar surface area (TPSA) is 79.9 Å². The van der Waals surface area contributed by atoms with Crippen LogP contribution in [0.1, 0.15) is 15.9 Å². The van der Waals surface area contributed by atoms with E-state index in [-0.39, 0.29) is 5.91 Å². The molecule has 0 saturated heterocycles. The van der Waals surface area contributed by atoms with Crippen LogP contribution in [-0.4, -0.2) is 28.2 Å². The standard InChI is InChI=1S/C17H16N4O2/c1-23-14-6-4-13(5-7-14)16-15(11-20-21-16)17(22)19-10-12-3-2-8-18-9-12/h2-9,11H,10H2,1H3,(H,19,22)(H,20,21). The minimum Gasteiger partial charge on any atom is -0.497 e. The Bertz CT molecular complexity index is 782. The SMILES string of the molecule is COc1ccc(-c2[nH]ncc2C(=O)NCc2cccnc2)cc1. The molecule has 0 spiro atoms. The van der Waals surface area contributed by atoms with Gasteiger partial charge in [0.1, 0.15) is 5.75 Å². The van der Waals surface area contributed by atoms with Gasteiger partial charge in [-0.1, -0.05) is 6.07 Å². The molecule has 2 heterocycles. The van der Waals surface area contributed by atoms with E-state index >= 15 is 0 Å². The fourth-order valence-electron chi connectivity index (χ4n) is 2.22. The Kier molecular flexibility index (Phi) is 4.33. The number of benzene rings is 1. The minimum absolute atomic E-state index is 0.187. The molecule has 0 fully saturated rings. The number of pyridine rings is 1. The number of aromatic nitrogens is 3. The van der Waals surface area contributed by atoms with Crippen LogP contribution in [-0.2, 0) is 6.54 Å². The third-order valence-electron chi connectivity index (χ3n) is 3.44. The molecule has 6 nitrogen and oxygen atoms in total. The Morgan fingerprint density at radius 3 is 2.74 bits per heavy atom. The fourth-order valence-corrected chi connectivity index (χ4v) is 2.22. The van der Waals surface area contributed by atoms with Gasteiger partial charge < -0.3 is 10.1 Å². The number of hydrogen-bond acceptors (Lipinski definition) is 4. The number of H-pyrrole nitrogens is 1. The predicted octanol–water partition coefficient (Wildman–Crippen LogP) is 2.41. The summed E-state index contributed by atoms with van der Waals surface area (Å²) >= 11 is 0. The molecule has 0 bridgehead atoms. The highest BCUT2D eigenvalue weighted by Crippen LogP contribution is 2.23. The molecule has 0 atom stereocenters. The molecule has 1 aromatic carbocycles. The van der Waals surface area contributed by atoms with Gasteiger partial charge >= 0.3 is 0 Å². The summed E-state index contributed by atoms with van der Waals surface area (Å²) in [5.74, 6) is 0.573. The van der Waals surface area contributed by atoms with Crippen LogP contribution in [0.3, 0.4) is 0 Å². The number of amides is 1. The maximum Gasteiger partial charge on any atom is 0.255 e. The number of carbonyl (C=O) groups is 1. The largest absolute Gasteiger partial charge is 0.497 e. The average Bonchev–Trinajstić information content (AvgIpc) is 3.10. The molecule has 2 aromatic heterocycles. The second-order valence-electron chi connectivity index (χ2n) is 4.93. The number of aromatic amines is 1. The number of nitrogens with zero attached hydrogens (tertiary/aromatic N) is 2. The third kappa shape index (κ3) is 3.37. The Hall–Kier alpha value is -3.15. The van der Waals surface area contributed by atoms with Gasteiger partial charge in [0.25, 0.3) is 5.91 Å². The highest BCUT2D eigenvalue weighted by Gasteiger charge is 2.15. The average molecular weight is 308 g/mol. The summed E-state index contributed by atoms with van der Waals surface area (Å²) in [4.78, 5) is 16.4. The van der Waals surface area contributed by atoms with Crippen LogP contribution < -0.4 is 10.1 Å². The first-order valence-electron chi connectivity index (χ1n) is 7.13. The molecule has 0 unspecified atom stereocenters. The summed E-state index contributed by atoms with van der Waals surface area (Å²) in [7, 11) is 1.61. The van der Waals surface area contributed by atoms with E-state index in [1.165, 1.54) is 6.20 Å². The van der Waals surface area contributed by atoms with Crippen molar-refractivity contribution >= 4 is 5.91 Å². The van der Waals surface area contributed by atoms with Gasteiger partial charge in [-0.2, -0.15) is 5.10 Å². The van der Waals surface area contributed by atoms with Gasteiger partial charge in [0.15, 0.2) is 0 Å². The molecule has 3 rings (SSSR count).